The molecule has 3 spiro atoms. The molecule has 0 amide bonds. The SMILES string of the molecule is C=C(C[C@@]12C[C@@H](C)C[C@@H](O1)[C@H]1O[C@]3(C[C@H]1O2)NC[C@H](C)C[C@@H]3C)[C@H]1O[C@@](O)([C@H](O)[C@@H]2C[C@H]3O[C@@]4(CC[C@]5(CC=C[C@@H](/C=C/C(O)CC(=O)O)O5)O4)[C@H](C)C[C@H]3O2)C[C@H](O)[C@@H]1C. The van der Waals surface area contributed by atoms with Gasteiger partial charge in [-0.05, 0) is 42.6 Å². The highest BCUT2D eigenvalue weighted by Gasteiger charge is 2.64. The number of ether oxygens (including phenoxy) is 8. The first-order valence-electron chi connectivity index (χ1n) is 23.0. The summed E-state index contributed by atoms with van der Waals surface area (Å²) in [7, 11) is 0. The lowest BCUT2D eigenvalue weighted by atomic mass is 9.78. The monoisotopic (exact) mass is 859 g/mol. The van der Waals surface area contributed by atoms with E-state index in [2.05, 4.69) is 32.7 Å². The van der Waals surface area contributed by atoms with E-state index in [-0.39, 0.29) is 43.2 Å². The molecule has 21 atom stereocenters. The molecule has 8 saturated heterocycles. The van der Waals surface area contributed by atoms with Gasteiger partial charge < -0.3 is 63.4 Å². The number of aliphatic carboxylic acids is 1. The van der Waals surface area contributed by atoms with Crippen LogP contribution < -0.4 is 5.32 Å². The zero-order chi connectivity index (χ0) is 43.3. The van der Waals surface area contributed by atoms with Gasteiger partial charge in [0.15, 0.2) is 23.1 Å². The van der Waals surface area contributed by atoms with Crippen molar-refractivity contribution in [1.82, 2.24) is 5.32 Å². The summed E-state index contributed by atoms with van der Waals surface area (Å²) in [6.45, 7) is 16.0. The Labute approximate surface area is 359 Å². The van der Waals surface area contributed by atoms with Gasteiger partial charge in [0.25, 0.3) is 0 Å². The molecule has 9 rings (SSSR count). The molecule has 0 aromatic rings. The first-order chi connectivity index (χ1) is 28.8. The number of carboxylic acid groups (broad SMARTS) is 1. The van der Waals surface area contributed by atoms with Gasteiger partial charge in [-0.25, -0.2) is 0 Å². The Morgan fingerprint density at radius 3 is 2.44 bits per heavy atom. The number of carboxylic acids is 1. The number of hydrogen-bond donors (Lipinski definition) is 6. The molecule has 9 heterocycles. The molecule has 342 valence electrons. The van der Waals surface area contributed by atoms with E-state index < -0.39 is 89.9 Å². The second-order valence-electron chi connectivity index (χ2n) is 20.7. The van der Waals surface area contributed by atoms with Crippen molar-refractivity contribution in [1.29, 1.82) is 0 Å². The number of piperidine rings is 1. The molecule has 8 fully saturated rings. The van der Waals surface area contributed by atoms with Crippen LogP contribution in [0.5, 0.6) is 0 Å². The summed E-state index contributed by atoms with van der Waals surface area (Å²) in [6, 6.07) is 0. The Bertz CT molecular complexity index is 1730. The third-order valence-corrected chi connectivity index (χ3v) is 15.7. The number of fused-ring (bicyclic) bond motifs is 5. The van der Waals surface area contributed by atoms with E-state index in [9.17, 15) is 25.2 Å². The van der Waals surface area contributed by atoms with Crippen LogP contribution in [0.4, 0.5) is 0 Å². The minimum absolute atomic E-state index is 0.0948. The number of nitrogens with one attached hydrogen (secondary N) is 1. The van der Waals surface area contributed by atoms with E-state index in [1.807, 2.05) is 26.0 Å². The standard InChI is InChI=1S/C46H69NO14/c1-24-15-35-40-37(22-44(59-40)27(4)14-25(2)23-47-44)57-43(19-24,56-35)20-26(3)39-29(6)32(49)21-45(53,60-39)41(52)36-18-34-33(54-36)16-28(5)46(58-34)13-12-42(61-46)11-7-8-31(55-42)10-9-30(48)17-38(50)51/h7-10,24-25,27-37,39-41,47-49,52-53H,3,11-23H2,1-2,4-6H3,(H,50,51)/b10-9+/t24-,25+,27-,28+,29-,30?,31-,32-,33+,34+,35+,36-,37+,39+,40+,41+,42-,43-,44-,45+,46+/m0/s1. The zero-order valence-electron chi connectivity index (χ0n) is 36.4. The van der Waals surface area contributed by atoms with Crippen LogP contribution in [0.15, 0.2) is 36.5 Å². The maximum absolute atomic E-state index is 12.2. The number of carbonyl (C=O) groups is 1. The molecule has 15 heteroatoms. The molecule has 0 radical (unpaired) electrons. The summed E-state index contributed by atoms with van der Waals surface area (Å²) in [5.74, 6) is -5.42. The van der Waals surface area contributed by atoms with Gasteiger partial charge in [-0.3, -0.25) is 10.1 Å². The quantitative estimate of drug-likeness (QED) is 0.182. The molecule has 9 aliphatic rings. The van der Waals surface area contributed by atoms with E-state index in [4.69, 9.17) is 43.0 Å². The van der Waals surface area contributed by atoms with Crippen LogP contribution in [0, 0.1) is 29.6 Å². The predicted octanol–water partition coefficient (Wildman–Crippen LogP) is 3.95. The smallest absolute Gasteiger partial charge is 0.306 e. The molecule has 0 aromatic heterocycles. The normalized spacial score (nSPS) is 52.7. The first-order valence-corrected chi connectivity index (χ1v) is 23.0. The molecule has 61 heavy (non-hydrogen) atoms. The Kier molecular flexibility index (Phi) is 11.8. The second kappa shape index (κ2) is 16.2. The summed E-state index contributed by atoms with van der Waals surface area (Å²) in [5, 5.41) is 58.3. The van der Waals surface area contributed by atoms with Gasteiger partial charge in [-0.15, -0.1) is 0 Å². The van der Waals surface area contributed by atoms with Crippen molar-refractivity contribution in [3.63, 3.8) is 0 Å². The lowest BCUT2D eigenvalue weighted by Gasteiger charge is -2.53. The van der Waals surface area contributed by atoms with Crippen LogP contribution in [-0.4, -0.2) is 134 Å². The highest BCUT2D eigenvalue weighted by Crippen LogP contribution is 2.55. The number of rotatable bonds is 9. The van der Waals surface area contributed by atoms with E-state index >= 15 is 0 Å². The van der Waals surface area contributed by atoms with Gasteiger partial charge in [0.05, 0.1) is 61.4 Å². The molecule has 15 nitrogen and oxygen atoms in total. The van der Waals surface area contributed by atoms with Crippen molar-refractivity contribution in [2.45, 2.75) is 208 Å². The van der Waals surface area contributed by atoms with Crippen molar-refractivity contribution in [3.05, 3.63) is 36.5 Å². The summed E-state index contributed by atoms with van der Waals surface area (Å²) >= 11 is 0. The minimum atomic E-state index is -2.14. The molecule has 0 aliphatic carbocycles. The van der Waals surface area contributed by atoms with E-state index in [0.717, 1.165) is 25.8 Å². The summed E-state index contributed by atoms with van der Waals surface area (Å²) < 4.78 is 53.5. The lowest BCUT2D eigenvalue weighted by Crippen LogP contribution is -2.61. The van der Waals surface area contributed by atoms with Crippen molar-refractivity contribution in [2.24, 2.45) is 29.6 Å². The van der Waals surface area contributed by atoms with Gasteiger partial charge in [-0.2, -0.15) is 0 Å². The van der Waals surface area contributed by atoms with Crippen LogP contribution in [-0.2, 0) is 42.7 Å². The second-order valence-corrected chi connectivity index (χ2v) is 20.7. The third kappa shape index (κ3) is 8.25. The van der Waals surface area contributed by atoms with Crippen molar-refractivity contribution in [2.75, 3.05) is 6.54 Å². The molecule has 0 saturated carbocycles. The fraction of sp³-hybridized carbons (Fsp3) is 0.848. The van der Waals surface area contributed by atoms with E-state index in [1.54, 1.807) is 6.08 Å². The predicted molar refractivity (Wildman–Crippen MR) is 217 cm³/mol. The highest BCUT2D eigenvalue weighted by atomic mass is 16.8. The average molecular weight is 860 g/mol. The third-order valence-electron chi connectivity index (χ3n) is 15.7. The molecule has 1 unspecified atom stereocenters. The zero-order valence-corrected chi connectivity index (χ0v) is 36.4. The van der Waals surface area contributed by atoms with Crippen molar-refractivity contribution in [3.8, 4) is 0 Å². The maximum Gasteiger partial charge on any atom is 0.306 e. The highest BCUT2D eigenvalue weighted by molar-refractivity contribution is 5.67. The first kappa shape index (κ1) is 44.4. The molecular weight excluding hydrogens is 790 g/mol. The van der Waals surface area contributed by atoms with Gasteiger partial charge in [-0.1, -0.05) is 65.5 Å². The minimum Gasteiger partial charge on any atom is -0.481 e. The van der Waals surface area contributed by atoms with Crippen molar-refractivity contribution >= 4 is 5.97 Å². The maximum atomic E-state index is 12.2. The molecule has 0 aromatic carbocycles. The van der Waals surface area contributed by atoms with Gasteiger partial charge in [0, 0.05) is 69.7 Å². The fourth-order valence-electron chi connectivity index (χ4n) is 12.5. The van der Waals surface area contributed by atoms with Crippen LogP contribution in [0.1, 0.15) is 112 Å². The molecular formula is C46H69NO14. The Hall–Kier alpha value is -1.83. The fourth-order valence-corrected chi connectivity index (χ4v) is 12.5. The van der Waals surface area contributed by atoms with Gasteiger partial charge >= 0.3 is 5.97 Å². The number of aliphatic hydroxyl groups is 4. The Morgan fingerprint density at radius 1 is 0.885 bits per heavy atom. The van der Waals surface area contributed by atoms with E-state index in [0.29, 0.717) is 61.9 Å². The van der Waals surface area contributed by atoms with Crippen molar-refractivity contribution < 1.29 is 68.2 Å². The topological polar surface area (TPSA) is 204 Å². The Balaban J connectivity index is 0.844. The number of hydrogen-bond acceptors (Lipinski definition) is 14. The van der Waals surface area contributed by atoms with Gasteiger partial charge in [0.1, 0.15) is 17.9 Å². The molecule has 9 aliphatic heterocycles. The summed E-state index contributed by atoms with van der Waals surface area (Å²) in [4.78, 5) is 11.0. The number of aliphatic hydroxyl groups excluding tert-OH is 3. The molecule has 6 N–H and O–H groups in total. The van der Waals surface area contributed by atoms with Crippen LogP contribution in [0.2, 0.25) is 0 Å². The van der Waals surface area contributed by atoms with E-state index in [1.165, 1.54) is 6.08 Å². The van der Waals surface area contributed by atoms with Gasteiger partial charge in [0.2, 0.25) is 0 Å². The Morgan fingerprint density at radius 2 is 1.67 bits per heavy atom. The average Bonchev–Trinajstić information content (AvgIpc) is 3.87. The summed E-state index contributed by atoms with van der Waals surface area (Å²) in [5.41, 5.74) is 0.176. The molecule has 2 bridgehead atoms. The van der Waals surface area contributed by atoms with Crippen LogP contribution in [0.25, 0.3) is 0 Å². The van der Waals surface area contributed by atoms with Crippen LogP contribution in [0.3, 0.4) is 0 Å². The van der Waals surface area contributed by atoms with Crippen LogP contribution >= 0.6 is 0 Å². The summed E-state index contributed by atoms with van der Waals surface area (Å²) in [6.07, 6.45) is 5.37. The lowest BCUT2D eigenvalue weighted by molar-refractivity contribution is -0.367. The largest absolute Gasteiger partial charge is 0.481 e.